The highest BCUT2D eigenvalue weighted by Crippen LogP contribution is 2.34. The summed E-state index contributed by atoms with van der Waals surface area (Å²) in [6.07, 6.45) is 1.35. The lowest BCUT2D eigenvalue weighted by Gasteiger charge is -2.21. The number of carbonyl (C=O) groups is 1. The molecule has 0 fully saturated rings. The summed E-state index contributed by atoms with van der Waals surface area (Å²) in [7, 11) is 0. The summed E-state index contributed by atoms with van der Waals surface area (Å²) in [5.41, 5.74) is 2.28. The summed E-state index contributed by atoms with van der Waals surface area (Å²) in [5.74, 6) is -1.13. The highest BCUT2D eigenvalue weighted by Gasteiger charge is 2.29. The second-order valence-corrected chi connectivity index (χ2v) is 5.25. The SMILES string of the molecule is O=C(O)C(NC1CCc2c(F)cccc21)c1ccccc1. The summed E-state index contributed by atoms with van der Waals surface area (Å²) in [6.45, 7) is 0. The van der Waals surface area contributed by atoms with Crippen LogP contribution in [0.3, 0.4) is 0 Å². The highest BCUT2D eigenvalue weighted by atomic mass is 19.1. The molecule has 0 saturated carbocycles. The molecule has 2 atom stereocenters. The molecule has 2 unspecified atom stereocenters. The van der Waals surface area contributed by atoms with E-state index in [-0.39, 0.29) is 11.9 Å². The van der Waals surface area contributed by atoms with Crippen LogP contribution in [0.5, 0.6) is 0 Å². The Bertz CT molecular complexity index is 657. The van der Waals surface area contributed by atoms with Gasteiger partial charge in [-0.1, -0.05) is 42.5 Å². The van der Waals surface area contributed by atoms with Crippen molar-refractivity contribution in [1.29, 1.82) is 0 Å². The first-order valence-electron chi connectivity index (χ1n) is 6.98. The fourth-order valence-corrected chi connectivity index (χ4v) is 2.94. The Balaban J connectivity index is 1.87. The summed E-state index contributed by atoms with van der Waals surface area (Å²) >= 11 is 0. The number of nitrogens with one attached hydrogen (secondary N) is 1. The van der Waals surface area contributed by atoms with E-state index in [4.69, 9.17) is 0 Å². The average molecular weight is 285 g/mol. The predicted octanol–water partition coefficient (Wildman–Crippen LogP) is 3.23. The summed E-state index contributed by atoms with van der Waals surface area (Å²) in [4.78, 5) is 11.5. The Labute approximate surface area is 122 Å². The number of carboxylic acid groups (broad SMARTS) is 1. The zero-order valence-electron chi connectivity index (χ0n) is 11.4. The minimum absolute atomic E-state index is 0.128. The second-order valence-electron chi connectivity index (χ2n) is 5.25. The molecule has 0 aliphatic heterocycles. The van der Waals surface area contributed by atoms with Crippen molar-refractivity contribution in [1.82, 2.24) is 5.32 Å². The number of carboxylic acids is 1. The highest BCUT2D eigenvalue weighted by molar-refractivity contribution is 5.75. The van der Waals surface area contributed by atoms with E-state index in [0.29, 0.717) is 24.0 Å². The molecule has 21 heavy (non-hydrogen) atoms. The van der Waals surface area contributed by atoms with Crippen LogP contribution >= 0.6 is 0 Å². The number of rotatable bonds is 4. The molecule has 0 heterocycles. The van der Waals surface area contributed by atoms with Gasteiger partial charge in [-0.05, 0) is 35.6 Å². The Morgan fingerprint density at radius 1 is 1.19 bits per heavy atom. The van der Waals surface area contributed by atoms with Crippen LogP contribution < -0.4 is 5.32 Å². The molecule has 0 radical (unpaired) electrons. The third-order valence-corrected chi connectivity index (χ3v) is 3.96. The third-order valence-electron chi connectivity index (χ3n) is 3.96. The lowest BCUT2D eigenvalue weighted by molar-refractivity contribution is -0.139. The maximum Gasteiger partial charge on any atom is 0.325 e. The molecule has 0 amide bonds. The Hall–Kier alpha value is -2.20. The number of fused-ring (bicyclic) bond motifs is 1. The molecule has 108 valence electrons. The molecule has 0 aromatic heterocycles. The molecule has 4 heteroatoms. The first-order valence-corrected chi connectivity index (χ1v) is 6.98. The van der Waals surface area contributed by atoms with Crippen LogP contribution in [0.4, 0.5) is 4.39 Å². The average Bonchev–Trinajstić information content (AvgIpc) is 2.90. The first-order chi connectivity index (χ1) is 10.2. The van der Waals surface area contributed by atoms with Gasteiger partial charge in [0.25, 0.3) is 0 Å². The van der Waals surface area contributed by atoms with Crippen molar-refractivity contribution in [2.75, 3.05) is 0 Å². The van der Waals surface area contributed by atoms with Crippen molar-refractivity contribution in [3.63, 3.8) is 0 Å². The second kappa shape index (κ2) is 5.66. The molecular formula is C17H16FNO2. The predicted molar refractivity (Wildman–Crippen MR) is 77.4 cm³/mol. The monoisotopic (exact) mass is 285 g/mol. The topological polar surface area (TPSA) is 49.3 Å². The van der Waals surface area contributed by atoms with Crippen LogP contribution in [0, 0.1) is 5.82 Å². The smallest absolute Gasteiger partial charge is 0.325 e. The van der Waals surface area contributed by atoms with Gasteiger partial charge in [0.05, 0.1) is 0 Å². The maximum atomic E-state index is 13.7. The minimum atomic E-state index is -0.925. The molecule has 3 nitrogen and oxygen atoms in total. The Kier molecular flexibility index (Phi) is 3.71. The largest absolute Gasteiger partial charge is 0.480 e. The normalized spacial score (nSPS) is 18.2. The third kappa shape index (κ3) is 2.67. The van der Waals surface area contributed by atoms with Crippen LogP contribution in [-0.4, -0.2) is 11.1 Å². The van der Waals surface area contributed by atoms with E-state index in [1.54, 1.807) is 18.2 Å². The molecular weight excluding hydrogens is 269 g/mol. The number of benzene rings is 2. The lowest BCUT2D eigenvalue weighted by Crippen LogP contribution is -2.31. The van der Waals surface area contributed by atoms with Crippen molar-refractivity contribution < 1.29 is 14.3 Å². The molecule has 0 saturated heterocycles. The van der Waals surface area contributed by atoms with E-state index in [1.165, 1.54) is 6.07 Å². The van der Waals surface area contributed by atoms with Crippen LogP contribution in [0.2, 0.25) is 0 Å². The van der Waals surface area contributed by atoms with Crippen LogP contribution in [-0.2, 0) is 11.2 Å². The summed E-state index contributed by atoms with van der Waals surface area (Å²) < 4.78 is 13.7. The lowest BCUT2D eigenvalue weighted by atomic mass is 10.0. The standard InChI is InChI=1S/C17H16FNO2/c18-14-8-4-7-13-12(14)9-10-15(13)19-16(17(20)21)11-5-2-1-3-6-11/h1-8,15-16,19H,9-10H2,(H,20,21). The minimum Gasteiger partial charge on any atom is -0.480 e. The van der Waals surface area contributed by atoms with Gasteiger partial charge in [0.2, 0.25) is 0 Å². The van der Waals surface area contributed by atoms with Crippen LogP contribution in [0.1, 0.15) is 35.2 Å². The molecule has 2 aromatic carbocycles. The molecule has 2 aromatic rings. The maximum absolute atomic E-state index is 13.7. The van der Waals surface area contributed by atoms with E-state index in [0.717, 1.165) is 5.56 Å². The van der Waals surface area contributed by atoms with Crippen molar-refractivity contribution >= 4 is 5.97 Å². The summed E-state index contributed by atoms with van der Waals surface area (Å²) in [5, 5.41) is 12.6. The van der Waals surface area contributed by atoms with Crippen molar-refractivity contribution in [2.24, 2.45) is 0 Å². The van der Waals surface area contributed by atoms with Crippen molar-refractivity contribution in [3.8, 4) is 0 Å². The van der Waals surface area contributed by atoms with Gasteiger partial charge >= 0.3 is 5.97 Å². The Morgan fingerprint density at radius 3 is 2.67 bits per heavy atom. The van der Waals surface area contributed by atoms with Gasteiger partial charge in [0, 0.05) is 6.04 Å². The van der Waals surface area contributed by atoms with Crippen LogP contribution in [0.15, 0.2) is 48.5 Å². The van der Waals surface area contributed by atoms with E-state index in [1.807, 2.05) is 24.3 Å². The molecule has 2 N–H and O–H groups in total. The van der Waals surface area contributed by atoms with E-state index in [9.17, 15) is 14.3 Å². The van der Waals surface area contributed by atoms with Gasteiger partial charge in [-0.25, -0.2) is 4.39 Å². The fraction of sp³-hybridized carbons (Fsp3) is 0.235. The Morgan fingerprint density at radius 2 is 1.95 bits per heavy atom. The molecule has 0 bridgehead atoms. The van der Waals surface area contributed by atoms with E-state index < -0.39 is 12.0 Å². The molecule has 1 aliphatic rings. The van der Waals surface area contributed by atoms with Crippen molar-refractivity contribution in [3.05, 3.63) is 71.0 Å². The molecule has 0 spiro atoms. The van der Waals surface area contributed by atoms with Gasteiger partial charge in [-0.3, -0.25) is 10.1 Å². The van der Waals surface area contributed by atoms with E-state index >= 15 is 0 Å². The number of halogens is 1. The number of aliphatic carboxylic acids is 1. The van der Waals surface area contributed by atoms with Crippen molar-refractivity contribution in [2.45, 2.75) is 24.9 Å². The summed E-state index contributed by atoms with van der Waals surface area (Å²) in [6, 6.07) is 13.1. The zero-order chi connectivity index (χ0) is 14.8. The zero-order valence-corrected chi connectivity index (χ0v) is 11.4. The number of hydrogen-bond donors (Lipinski definition) is 2. The number of hydrogen-bond acceptors (Lipinski definition) is 2. The molecule has 3 rings (SSSR count). The quantitative estimate of drug-likeness (QED) is 0.906. The van der Waals surface area contributed by atoms with Gasteiger partial charge < -0.3 is 5.11 Å². The fourth-order valence-electron chi connectivity index (χ4n) is 2.94. The van der Waals surface area contributed by atoms with Gasteiger partial charge in [-0.15, -0.1) is 0 Å². The van der Waals surface area contributed by atoms with Gasteiger partial charge in [-0.2, -0.15) is 0 Å². The van der Waals surface area contributed by atoms with E-state index in [2.05, 4.69) is 5.32 Å². The molecule has 1 aliphatic carbocycles. The first kappa shape index (κ1) is 13.8. The van der Waals surface area contributed by atoms with Gasteiger partial charge in [0.1, 0.15) is 11.9 Å². The van der Waals surface area contributed by atoms with Gasteiger partial charge in [0.15, 0.2) is 0 Å². The van der Waals surface area contributed by atoms with Crippen LogP contribution in [0.25, 0.3) is 0 Å².